The van der Waals surface area contributed by atoms with Crippen molar-refractivity contribution in [1.82, 2.24) is 5.32 Å². The van der Waals surface area contributed by atoms with Crippen LogP contribution in [0.2, 0.25) is 0 Å². The zero-order valence-electron chi connectivity index (χ0n) is 9.38. The van der Waals surface area contributed by atoms with Crippen molar-refractivity contribution in [2.45, 2.75) is 32.8 Å². The fraction of sp³-hybridized carbons (Fsp3) is 0.900. The summed E-state index contributed by atoms with van der Waals surface area (Å²) >= 11 is 0. The van der Waals surface area contributed by atoms with Crippen LogP contribution in [0.15, 0.2) is 0 Å². The highest BCUT2D eigenvalue weighted by molar-refractivity contribution is 5.37. The number of nitrogens with one attached hydrogen (secondary N) is 1. The van der Waals surface area contributed by atoms with Crippen LogP contribution >= 0.6 is 0 Å². The second-order valence-electron chi connectivity index (χ2n) is 4.43. The maximum atomic E-state index is 9.60. The predicted molar refractivity (Wildman–Crippen MR) is 56.9 cm³/mol. The van der Waals surface area contributed by atoms with Crippen molar-refractivity contribution in [1.29, 1.82) is 0 Å². The topological polar surface area (TPSA) is 64.3 Å². The minimum absolute atomic E-state index is 0.318. The van der Waals surface area contributed by atoms with Gasteiger partial charge in [-0.3, -0.25) is 4.79 Å². The number of rotatable bonds is 3. The Morgan fingerprint density at radius 3 is 2.14 bits per heavy atom. The summed E-state index contributed by atoms with van der Waals surface area (Å²) in [5.41, 5.74) is 4.99. The van der Waals surface area contributed by atoms with Crippen LogP contribution < -0.4 is 11.1 Å². The Kier molecular flexibility index (Phi) is 6.49. The monoisotopic (exact) mass is 202 g/mol. The van der Waals surface area contributed by atoms with Gasteiger partial charge in [-0.15, -0.1) is 0 Å². The molecular formula is C10H22N2O2. The van der Waals surface area contributed by atoms with Crippen molar-refractivity contribution in [3.8, 4) is 0 Å². The SMILES string of the molecule is CC(C)(C)OC=O.NCCC1CNC1. The fourth-order valence-electron chi connectivity index (χ4n) is 0.933. The van der Waals surface area contributed by atoms with Gasteiger partial charge in [0, 0.05) is 0 Å². The molecule has 1 rings (SSSR count). The lowest BCUT2D eigenvalue weighted by atomic mass is 10.00. The first-order chi connectivity index (χ1) is 6.49. The van der Waals surface area contributed by atoms with Crippen LogP contribution in [-0.4, -0.2) is 31.7 Å². The maximum absolute atomic E-state index is 9.60. The molecule has 0 atom stereocenters. The molecule has 14 heavy (non-hydrogen) atoms. The van der Waals surface area contributed by atoms with E-state index in [1.54, 1.807) is 0 Å². The quantitative estimate of drug-likeness (QED) is 0.655. The summed E-state index contributed by atoms with van der Waals surface area (Å²) in [5, 5.41) is 3.19. The molecule has 0 amide bonds. The Hall–Kier alpha value is -0.610. The highest BCUT2D eigenvalue weighted by Gasteiger charge is 2.14. The third-order valence-electron chi connectivity index (χ3n) is 1.84. The molecule has 0 saturated carbocycles. The molecule has 0 aromatic heterocycles. The van der Waals surface area contributed by atoms with Gasteiger partial charge in [-0.2, -0.15) is 0 Å². The first-order valence-corrected chi connectivity index (χ1v) is 5.02. The van der Waals surface area contributed by atoms with Gasteiger partial charge in [0.2, 0.25) is 0 Å². The van der Waals surface area contributed by atoms with E-state index in [2.05, 4.69) is 10.1 Å². The number of carbonyl (C=O) groups excluding carboxylic acids is 1. The van der Waals surface area contributed by atoms with Gasteiger partial charge in [0.05, 0.1) is 0 Å². The van der Waals surface area contributed by atoms with Crippen LogP contribution in [0.25, 0.3) is 0 Å². The molecule has 1 fully saturated rings. The van der Waals surface area contributed by atoms with Gasteiger partial charge in [-0.25, -0.2) is 0 Å². The molecular weight excluding hydrogens is 180 g/mol. The van der Waals surface area contributed by atoms with Gasteiger partial charge in [-0.1, -0.05) is 0 Å². The van der Waals surface area contributed by atoms with E-state index in [1.165, 1.54) is 19.5 Å². The number of hydrogen-bond donors (Lipinski definition) is 2. The summed E-state index contributed by atoms with van der Waals surface area (Å²) in [6.07, 6.45) is 1.20. The third-order valence-corrected chi connectivity index (χ3v) is 1.84. The zero-order valence-corrected chi connectivity index (χ0v) is 9.38. The molecule has 3 N–H and O–H groups in total. The molecule has 0 spiro atoms. The Labute approximate surface area is 86.2 Å². The molecule has 0 unspecified atom stereocenters. The summed E-state index contributed by atoms with van der Waals surface area (Å²) in [7, 11) is 0. The molecule has 0 aromatic rings. The van der Waals surface area contributed by atoms with Crippen LogP contribution in [0.5, 0.6) is 0 Å². The molecule has 1 aliphatic heterocycles. The van der Waals surface area contributed by atoms with Crippen molar-refractivity contribution >= 4 is 6.47 Å². The van der Waals surface area contributed by atoms with E-state index in [4.69, 9.17) is 5.73 Å². The van der Waals surface area contributed by atoms with Crippen molar-refractivity contribution in [2.24, 2.45) is 11.7 Å². The molecule has 1 saturated heterocycles. The number of hydrogen-bond acceptors (Lipinski definition) is 4. The summed E-state index contributed by atoms with van der Waals surface area (Å²) < 4.78 is 4.55. The van der Waals surface area contributed by atoms with Crippen molar-refractivity contribution < 1.29 is 9.53 Å². The lowest BCUT2D eigenvalue weighted by Crippen LogP contribution is -2.42. The van der Waals surface area contributed by atoms with E-state index < -0.39 is 0 Å². The lowest BCUT2D eigenvalue weighted by Gasteiger charge is -2.26. The van der Waals surface area contributed by atoms with Gasteiger partial charge in [0.25, 0.3) is 6.47 Å². The summed E-state index contributed by atoms with van der Waals surface area (Å²) in [5.74, 6) is 0.894. The van der Waals surface area contributed by atoms with E-state index in [9.17, 15) is 4.79 Å². The zero-order chi connectivity index (χ0) is 11.0. The molecule has 4 nitrogen and oxygen atoms in total. The number of ether oxygens (including phenoxy) is 1. The van der Waals surface area contributed by atoms with Crippen LogP contribution in [0.1, 0.15) is 27.2 Å². The molecule has 0 radical (unpaired) electrons. The van der Waals surface area contributed by atoms with Crippen LogP contribution in [0.3, 0.4) is 0 Å². The van der Waals surface area contributed by atoms with Crippen LogP contribution in [0, 0.1) is 5.92 Å². The predicted octanol–water partition coefficient (Wildman–Crippen LogP) is 0.513. The highest BCUT2D eigenvalue weighted by Crippen LogP contribution is 2.05. The normalized spacial score (nSPS) is 16.3. The average molecular weight is 202 g/mol. The van der Waals surface area contributed by atoms with Crippen molar-refractivity contribution in [3.05, 3.63) is 0 Å². The highest BCUT2D eigenvalue weighted by atomic mass is 16.5. The van der Waals surface area contributed by atoms with Gasteiger partial charge < -0.3 is 15.8 Å². The lowest BCUT2D eigenvalue weighted by molar-refractivity contribution is -0.138. The van der Waals surface area contributed by atoms with Crippen LogP contribution in [-0.2, 0) is 9.53 Å². The minimum atomic E-state index is -0.318. The Balaban J connectivity index is 0.000000241. The Morgan fingerprint density at radius 1 is 1.50 bits per heavy atom. The second-order valence-corrected chi connectivity index (χ2v) is 4.43. The van der Waals surface area contributed by atoms with E-state index in [0.29, 0.717) is 6.47 Å². The average Bonchev–Trinajstić information content (AvgIpc) is 1.95. The fourth-order valence-corrected chi connectivity index (χ4v) is 0.933. The maximum Gasteiger partial charge on any atom is 0.293 e. The molecule has 1 aliphatic rings. The van der Waals surface area contributed by atoms with E-state index in [1.807, 2.05) is 20.8 Å². The van der Waals surface area contributed by atoms with Gasteiger partial charge >= 0.3 is 0 Å². The number of nitrogens with two attached hydrogens (primary N) is 1. The largest absolute Gasteiger partial charge is 0.462 e. The summed E-state index contributed by atoms with van der Waals surface area (Å²) in [6, 6.07) is 0. The molecule has 0 aromatic carbocycles. The smallest absolute Gasteiger partial charge is 0.293 e. The summed E-state index contributed by atoms with van der Waals surface area (Å²) in [4.78, 5) is 9.60. The van der Waals surface area contributed by atoms with Gasteiger partial charge in [0.1, 0.15) is 5.60 Å². The Morgan fingerprint density at radius 2 is 2.07 bits per heavy atom. The van der Waals surface area contributed by atoms with E-state index in [0.717, 1.165) is 12.5 Å². The van der Waals surface area contributed by atoms with E-state index >= 15 is 0 Å². The first-order valence-electron chi connectivity index (χ1n) is 5.02. The molecule has 1 heterocycles. The van der Waals surface area contributed by atoms with Crippen LogP contribution in [0.4, 0.5) is 0 Å². The van der Waals surface area contributed by atoms with Crippen molar-refractivity contribution in [3.63, 3.8) is 0 Å². The molecule has 0 bridgehead atoms. The molecule has 84 valence electrons. The Bertz CT molecular complexity index is 151. The molecule has 0 aliphatic carbocycles. The molecule has 4 heteroatoms. The number of carbonyl (C=O) groups is 1. The van der Waals surface area contributed by atoms with E-state index in [-0.39, 0.29) is 5.60 Å². The van der Waals surface area contributed by atoms with Gasteiger partial charge in [0.15, 0.2) is 0 Å². The van der Waals surface area contributed by atoms with Gasteiger partial charge in [-0.05, 0) is 52.7 Å². The van der Waals surface area contributed by atoms with Crippen molar-refractivity contribution in [2.75, 3.05) is 19.6 Å². The summed E-state index contributed by atoms with van der Waals surface area (Å²) in [6.45, 7) is 9.16. The minimum Gasteiger partial charge on any atom is -0.462 e. The third kappa shape index (κ3) is 8.01. The first kappa shape index (κ1) is 13.4. The standard InChI is InChI=1S/C5H12N2.C5H10O2/c6-2-1-5-3-7-4-5;1-5(2,3)7-4-6/h5,7H,1-4,6H2;4H,1-3H3. The second kappa shape index (κ2) is 6.79.